The van der Waals surface area contributed by atoms with E-state index < -0.39 is 25.9 Å². The van der Waals surface area contributed by atoms with Crippen molar-refractivity contribution < 1.29 is 21.2 Å². The Hall–Kier alpha value is -2.91. The molecular formula is C19H17FN2O4S2. The van der Waals surface area contributed by atoms with Gasteiger partial charge in [0.2, 0.25) is 0 Å². The molecule has 0 aliphatic carbocycles. The van der Waals surface area contributed by atoms with Gasteiger partial charge in [0, 0.05) is 0 Å². The van der Waals surface area contributed by atoms with Crippen molar-refractivity contribution in [2.24, 2.45) is 0 Å². The Labute approximate surface area is 163 Å². The molecule has 0 radical (unpaired) electrons. The minimum Gasteiger partial charge on any atom is -0.279 e. The summed E-state index contributed by atoms with van der Waals surface area (Å²) >= 11 is 0. The molecule has 28 heavy (non-hydrogen) atoms. The summed E-state index contributed by atoms with van der Waals surface area (Å²) < 4.78 is 68.8. The van der Waals surface area contributed by atoms with Crippen LogP contribution in [-0.4, -0.2) is 16.8 Å². The minimum absolute atomic E-state index is 0.0325. The zero-order valence-electron chi connectivity index (χ0n) is 14.8. The van der Waals surface area contributed by atoms with Gasteiger partial charge in [-0.1, -0.05) is 36.4 Å². The van der Waals surface area contributed by atoms with Crippen LogP contribution in [0.5, 0.6) is 0 Å². The van der Waals surface area contributed by atoms with Gasteiger partial charge in [-0.25, -0.2) is 21.2 Å². The highest BCUT2D eigenvalue weighted by Crippen LogP contribution is 2.28. The molecule has 3 rings (SSSR count). The first-order valence-electron chi connectivity index (χ1n) is 8.15. The van der Waals surface area contributed by atoms with Gasteiger partial charge in [-0.05, 0) is 48.9 Å². The Balaban J connectivity index is 1.96. The number of nitrogens with one attached hydrogen (secondary N) is 2. The quantitative estimate of drug-likeness (QED) is 0.635. The number of aryl methyl sites for hydroxylation is 1. The molecule has 0 bridgehead atoms. The van der Waals surface area contributed by atoms with E-state index >= 15 is 0 Å². The van der Waals surface area contributed by atoms with Gasteiger partial charge in [-0.2, -0.15) is 0 Å². The summed E-state index contributed by atoms with van der Waals surface area (Å²) in [5.41, 5.74) is 0.0101. The molecule has 2 N–H and O–H groups in total. The third kappa shape index (κ3) is 4.32. The van der Waals surface area contributed by atoms with Crippen LogP contribution in [0.1, 0.15) is 5.56 Å². The van der Waals surface area contributed by atoms with Gasteiger partial charge < -0.3 is 0 Å². The zero-order valence-corrected chi connectivity index (χ0v) is 16.4. The molecule has 0 heterocycles. The Morgan fingerprint density at radius 1 is 0.679 bits per heavy atom. The summed E-state index contributed by atoms with van der Waals surface area (Å²) in [6, 6.07) is 17.3. The van der Waals surface area contributed by atoms with Crippen LogP contribution in [-0.2, 0) is 20.0 Å². The van der Waals surface area contributed by atoms with Gasteiger partial charge in [-0.3, -0.25) is 9.44 Å². The molecule has 146 valence electrons. The summed E-state index contributed by atoms with van der Waals surface area (Å²) in [5, 5.41) is 0. The van der Waals surface area contributed by atoms with Crippen molar-refractivity contribution in [2.45, 2.75) is 16.7 Å². The lowest BCUT2D eigenvalue weighted by Crippen LogP contribution is -2.16. The van der Waals surface area contributed by atoms with E-state index in [9.17, 15) is 21.2 Å². The third-order valence-electron chi connectivity index (χ3n) is 3.91. The number of benzene rings is 3. The van der Waals surface area contributed by atoms with Gasteiger partial charge in [-0.15, -0.1) is 0 Å². The number of hydrogen-bond acceptors (Lipinski definition) is 4. The van der Waals surface area contributed by atoms with E-state index in [0.717, 1.165) is 12.1 Å². The molecule has 6 nitrogen and oxygen atoms in total. The maximum absolute atomic E-state index is 14.3. The van der Waals surface area contributed by atoms with E-state index in [-0.39, 0.29) is 21.2 Å². The van der Waals surface area contributed by atoms with E-state index in [1.807, 2.05) is 0 Å². The maximum Gasteiger partial charge on any atom is 0.261 e. The monoisotopic (exact) mass is 420 g/mol. The first-order chi connectivity index (χ1) is 13.2. The molecule has 3 aromatic carbocycles. The fraction of sp³-hybridized carbons (Fsp3) is 0.0526. The fourth-order valence-electron chi connectivity index (χ4n) is 2.47. The summed E-state index contributed by atoms with van der Waals surface area (Å²) in [6.45, 7) is 1.52. The number of anilines is 2. The molecule has 0 unspecified atom stereocenters. The van der Waals surface area contributed by atoms with E-state index in [1.165, 1.54) is 31.2 Å². The lowest BCUT2D eigenvalue weighted by Gasteiger charge is -2.14. The number of hydrogen-bond donors (Lipinski definition) is 2. The molecule has 0 aliphatic heterocycles. The van der Waals surface area contributed by atoms with Crippen molar-refractivity contribution >= 4 is 31.4 Å². The van der Waals surface area contributed by atoms with Gasteiger partial charge in [0.05, 0.1) is 21.2 Å². The van der Waals surface area contributed by atoms with Crippen molar-refractivity contribution in [3.8, 4) is 0 Å². The lowest BCUT2D eigenvalue weighted by molar-refractivity contribution is 0.598. The molecular weight excluding hydrogens is 403 g/mol. The van der Waals surface area contributed by atoms with Crippen molar-refractivity contribution in [3.05, 3.63) is 84.2 Å². The smallest absolute Gasteiger partial charge is 0.261 e. The summed E-state index contributed by atoms with van der Waals surface area (Å²) in [5.74, 6) is -0.820. The summed E-state index contributed by atoms with van der Waals surface area (Å²) in [7, 11) is -7.94. The minimum atomic E-state index is -4.03. The third-order valence-corrected chi connectivity index (χ3v) is 6.67. The topological polar surface area (TPSA) is 92.3 Å². The average molecular weight is 420 g/mol. The van der Waals surface area contributed by atoms with Gasteiger partial charge in [0.1, 0.15) is 5.82 Å². The predicted molar refractivity (Wildman–Crippen MR) is 106 cm³/mol. The van der Waals surface area contributed by atoms with Crippen molar-refractivity contribution in [1.82, 2.24) is 0 Å². The van der Waals surface area contributed by atoms with Crippen LogP contribution in [0.25, 0.3) is 0 Å². The van der Waals surface area contributed by atoms with Gasteiger partial charge >= 0.3 is 0 Å². The van der Waals surface area contributed by atoms with E-state index in [1.54, 1.807) is 36.4 Å². The van der Waals surface area contributed by atoms with Crippen LogP contribution in [0.2, 0.25) is 0 Å². The normalized spacial score (nSPS) is 11.8. The van der Waals surface area contributed by atoms with E-state index in [0.29, 0.717) is 5.56 Å². The Bertz CT molecular complexity index is 1100. The van der Waals surface area contributed by atoms with Crippen LogP contribution in [0.4, 0.5) is 15.8 Å². The predicted octanol–water partition coefficient (Wildman–Crippen LogP) is 3.74. The molecule has 3 aromatic rings. The first kappa shape index (κ1) is 19.8. The molecule has 0 saturated heterocycles. The van der Waals surface area contributed by atoms with Crippen LogP contribution in [0.3, 0.4) is 0 Å². The maximum atomic E-state index is 14.3. The molecule has 0 amide bonds. The second kappa shape index (κ2) is 7.61. The van der Waals surface area contributed by atoms with E-state index in [2.05, 4.69) is 9.44 Å². The van der Waals surface area contributed by atoms with Crippen LogP contribution >= 0.6 is 0 Å². The molecule has 0 spiro atoms. The molecule has 0 fully saturated rings. The first-order valence-corrected chi connectivity index (χ1v) is 11.1. The second-order valence-corrected chi connectivity index (χ2v) is 9.35. The molecule has 0 aromatic heterocycles. The summed E-state index contributed by atoms with van der Waals surface area (Å²) in [6.07, 6.45) is 0. The number of sulfonamides is 2. The van der Waals surface area contributed by atoms with Crippen molar-refractivity contribution in [1.29, 1.82) is 0 Å². The van der Waals surface area contributed by atoms with Gasteiger partial charge in [0.15, 0.2) is 0 Å². The SMILES string of the molecule is Cc1cc(F)c(NS(=O)(=O)c2ccccc2)cc1NS(=O)(=O)c1ccccc1. The zero-order chi connectivity index (χ0) is 20.4. The number of halogens is 1. The van der Waals surface area contributed by atoms with Crippen LogP contribution in [0.15, 0.2) is 82.6 Å². The average Bonchev–Trinajstić information content (AvgIpc) is 2.67. The highest BCUT2D eigenvalue weighted by Gasteiger charge is 2.20. The molecule has 0 aliphatic rings. The molecule has 0 saturated carbocycles. The molecule has 9 heteroatoms. The summed E-state index contributed by atoms with van der Waals surface area (Å²) in [4.78, 5) is -0.00784. The van der Waals surface area contributed by atoms with Gasteiger partial charge in [0.25, 0.3) is 20.0 Å². The highest BCUT2D eigenvalue weighted by atomic mass is 32.2. The Kier molecular flexibility index (Phi) is 5.39. The van der Waals surface area contributed by atoms with Crippen LogP contribution in [0, 0.1) is 12.7 Å². The highest BCUT2D eigenvalue weighted by molar-refractivity contribution is 7.93. The Morgan fingerprint density at radius 2 is 1.11 bits per heavy atom. The van der Waals surface area contributed by atoms with Crippen molar-refractivity contribution in [2.75, 3.05) is 9.44 Å². The fourth-order valence-corrected chi connectivity index (χ4v) is 4.69. The van der Waals surface area contributed by atoms with Crippen LogP contribution < -0.4 is 9.44 Å². The van der Waals surface area contributed by atoms with E-state index in [4.69, 9.17) is 0 Å². The largest absolute Gasteiger partial charge is 0.279 e. The number of rotatable bonds is 6. The second-order valence-electron chi connectivity index (χ2n) is 5.98. The lowest BCUT2D eigenvalue weighted by atomic mass is 10.2. The molecule has 0 atom stereocenters. The standard InChI is InChI=1S/C19H17FN2O4S2/c1-14-12-17(20)19(22-28(25,26)16-10-6-3-7-11-16)13-18(14)21-27(23,24)15-8-4-2-5-9-15/h2-13,21-22H,1H3. The van der Waals surface area contributed by atoms with Crippen molar-refractivity contribution in [3.63, 3.8) is 0 Å². The Morgan fingerprint density at radius 3 is 1.57 bits per heavy atom.